The monoisotopic (exact) mass is 537 g/mol. The predicted molar refractivity (Wildman–Crippen MR) is 137 cm³/mol. The summed E-state index contributed by atoms with van der Waals surface area (Å²) >= 11 is 3.56. The van der Waals surface area contributed by atoms with E-state index >= 15 is 0 Å². The number of nitrogens with zero attached hydrogens (tertiary/aromatic N) is 3. The Bertz CT molecular complexity index is 1560. The second kappa shape index (κ2) is 8.60. The molecular weight excluding hydrogens is 517 g/mol. The van der Waals surface area contributed by atoms with Crippen molar-refractivity contribution in [3.63, 3.8) is 0 Å². The summed E-state index contributed by atoms with van der Waals surface area (Å²) in [6.07, 6.45) is 1.32. The van der Waals surface area contributed by atoms with Crippen LogP contribution in [-0.4, -0.2) is 29.8 Å². The van der Waals surface area contributed by atoms with Crippen molar-refractivity contribution in [1.29, 1.82) is 0 Å². The Balaban J connectivity index is 1.78. The van der Waals surface area contributed by atoms with Crippen LogP contribution in [0.1, 0.15) is 29.3 Å². The third kappa shape index (κ3) is 4.01. The van der Waals surface area contributed by atoms with Crippen molar-refractivity contribution in [1.82, 2.24) is 9.40 Å². The van der Waals surface area contributed by atoms with Gasteiger partial charge in [-0.05, 0) is 36.8 Å². The molecule has 0 radical (unpaired) electrons. The van der Waals surface area contributed by atoms with Crippen molar-refractivity contribution in [3.8, 4) is 11.1 Å². The fourth-order valence-corrected chi connectivity index (χ4v) is 5.80. The summed E-state index contributed by atoms with van der Waals surface area (Å²) in [5.41, 5.74) is 5.07. The number of benzene rings is 3. The Morgan fingerprint density at radius 1 is 1.00 bits per heavy atom. The third-order valence-electron chi connectivity index (χ3n) is 5.96. The molecule has 34 heavy (non-hydrogen) atoms. The molecule has 172 valence electrons. The summed E-state index contributed by atoms with van der Waals surface area (Å²) < 4.78 is 42.0. The molecule has 0 amide bonds. The largest absolute Gasteiger partial charge is 0.252 e. The van der Waals surface area contributed by atoms with E-state index in [2.05, 4.69) is 21.0 Å². The fourth-order valence-electron chi connectivity index (χ4n) is 4.54. The number of hydrazone groups is 1. The molecule has 0 unspecified atom stereocenters. The van der Waals surface area contributed by atoms with Crippen LogP contribution in [0.3, 0.4) is 0 Å². The van der Waals surface area contributed by atoms with Crippen LogP contribution in [0.25, 0.3) is 22.0 Å². The second-order valence-corrected chi connectivity index (χ2v) is 11.1. The highest BCUT2D eigenvalue weighted by Gasteiger charge is 2.37. The van der Waals surface area contributed by atoms with Gasteiger partial charge in [0.15, 0.2) is 0 Å². The first-order chi connectivity index (χ1) is 16.2. The van der Waals surface area contributed by atoms with Gasteiger partial charge in [-0.2, -0.15) is 9.52 Å². The molecule has 1 aromatic heterocycles. The highest BCUT2D eigenvalue weighted by Crippen LogP contribution is 2.41. The van der Waals surface area contributed by atoms with Gasteiger partial charge in [-0.15, -0.1) is 0 Å². The third-order valence-corrected chi connectivity index (χ3v) is 7.46. The molecule has 0 fully saturated rings. The number of rotatable bonds is 4. The van der Waals surface area contributed by atoms with Gasteiger partial charge in [0.05, 0.1) is 23.5 Å². The van der Waals surface area contributed by atoms with Crippen molar-refractivity contribution < 1.29 is 12.8 Å². The normalized spacial score (nSPS) is 16.2. The first-order valence-corrected chi connectivity index (χ1v) is 13.3. The molecule has 0 saturated carbocycles. The average molecular weight is 538 g/mol. The highest BCUT2D eigenvalue weighted by atomic mass is 79.9. The molecule has 0 aliphatic carbocycles. The number of fused-ring (bicyclic) bond motifs is 1. The maximum Gasteiger partial charge on any atom is 0.247 e. The van der Waals surface area contributed by atoms with Crippen LogP contribution in [0.4, 0.5) is 4.39 Å². The van der Waals surface area contributed by atoms with Crippen LogP contribution in [-0.2, 0) is 10.0 Å². The van der Waals surface area contributed by atoms with Gasteiger partial charge in [-0.1, -0.05) is 64.5 Å². The first kappa shape index (κ1) is 22.7. The van der Waals surface area contributed by atoms with E-state index in [1.807, 2.05) is 55.5 Å². The van der Waals surface area contributed by atoms with E-state index in [-0.39, 0.29) is 6.42 Å². The summed E-state index contributed by atoms with van der Waals surface area (Å²) in [7, 11) is -3.75. The molecule has 0 saturated heterocycles. The van der Waals surface area contributed by atoms with Crippen LogP contribution in [0.2, 0.25) is 0 Å². The molecule has 8 heteroatoms. The van der Waals surface area contributed by atoms with Gasteiger partial charge in [0.25, 0.3) is 0 Å². The zero-order valence-corrected chi connectivity index (χ0v) is 20.9. The van der Waals surface area contributed by atoms with Crippen LogP contribution in [0.5, 0.6) is 0 Å². The van der Waals surface area contributed by atoms with Gasteiger partial charge >= 0.3 is 0 Å². The summed E-state index contributed by atoms with van der Waals surface area (Å²) in [4.78, 5) is 4.81. The zero-order valence-electron chi connectivity index (χ0n) is 18.5. The zero-order chi connectivity index (χ0) is 24.0. The number of hydrogen-bond donors (Lipinski definition) is 0. The molecule has 0 N–H and O–H groups in total. The highest BCUT2D eigenvalue weighted by molar-refractivity contribution is 9.10. The number of pyridine rings is 1. The van der Waals surface area contributed by atoms with Gasteiger partial charge in [-0.3, -0.25) is 4.98 Å². The Morgan fingerprint density at radius 2 is 1.71 bits per heavy atom. The summed E-state index contributed by atoms with van der Waals surface area (Å²) in [6, 6.07) is 21.2. The van der Waals surface area contributed by atoms with Gasteiger partial charge in [0.2, 0.25) is 10.0 Å². The van der Waals surface area contributed by atoms with Gasteiger partial charge in [0.1, 0.15) is 5.82 Å². The van der Waals surface area contributed by atoms with E-state index in [9.17, 15) is 12.8 Å². The van der Waals surface area contributed by atoms with E-state index < -0.39 is 21.9 Å². The minimum atomic E-state index is -3.75. The van der Waals surface area contributed by atoms with Crippen molar-refractivity contribution in [2.45, 2.75) is 19.4 Å². The quantitative estimate of drug-likeness (QED) is 0.310. The van der Waals surface area contributed by atoms with Crippen LogP contribution in [0.15, 0.2) is 82.4 Å². The van der Waals surface area contributed by atoms with Gasteiger partial charge in [-0.25, -0.2) is 12.8 Å². The van der Waals surface area contributed by atoms with Crippen LogP contribution in [0, 0.1) is 12.7 Å². The lowest BCUT2D eigenvalue weighted by atomic mass is 9.89. The van der Waals surface area contributed by atoms with E-state index in [1.165, 1.54) is 6.07 Å². The van der Waals surface area contributed by atoms with Gasteiger partial charge in [0, 0.05) is 38.7 Å². The molecule has 5 rings (SSSR count). The Morgan fingerprint density at radius 3 is 2.41 bits per heavy atom. The molecule has 2 heterocycles. The van der Waals surface area contributed by atoms with Crippen LogP contribution >= 0.6 is 15.9 Å². The van der Waals surface area contributed by atoms with Crippen molar-refractivity contribution in [3.05, 3.63) is 99.9 Å². The summed E-state index contributed by atoms with van der Waals surface area (Å²) in [5.74, 6) is -0.460. The minimum absolute atomic E-state index is 0.232. The maximum absolute atomic E-state index is 14.7. The topological polar surface area (TPSA) is 62.6 Å². The molecule has 1 aliphatic rings. The van der Waals surface area contributed by atoms with Crippen LogP contribution < -0.4 is 0 Å². The SMILES string of the molecule is Cc1nc2ccc(Br)cc2c(-c2ccccc2)c1C1=NN(S(C)(=O)=O)[C@@H](c2ccccc2F)C1. The van der Waals surface area contributed by atoms with E-state index in [0.717, 1.165) is 48.4 Å². The first-order valence-electron chi connectivity index (χ1n) is 10.7. The minimum Gasteiger partial charge on any atom is -0.252 e. The lowest BCUT2D eigenvalue weighted by Crippen LogP contribution is -2.26. The summed E-state index contributed by atoms with van der Waals surface area (Å²) in [6.45, 7) is 1.90. The molecule has 0 spiro atoms. The Kier molecular flexibility index (Phi) is 5.73. The number of aromatic nitrogens is 1. The standard InChI is InChI=1S/C26H21BrFN3O2S/c1-16-25(23-15-24(31(30-23)34(2,32)33)19-10-6-7-11-21(19)28)26(17-8-4-3-5-9-17)20-14-18(27)12-13-22(20)29-16/h3-14,24H,15H2,1-2H3/t24-/m1/s1. The van der Waals surface area contributed by atoms with Crippen molar-refractivity contribution >= 4 is 42.6 Å². The van der Waals surface area contributed by atoms with E-state index in [0.29, 0.717) is 11.3 Å². The molecule has 1 atom stereocenters. The maximum atomic E-state index is 14.7. The molecule has 1 aliphatic heterocycles. The molecule has 0 bridgehead atoms. The van der Waals surface area contributed by atoms with Crippen molar-refractivity contribution in [2.24, 2.45) is 5.10 Å². The number of hydrogen-bond acceptors (Lipinski definition) is 4. The average Bonchev–Trinajstić information content (AvgIpc) is 3.25. The number of sulfonamides is 1. The fraction of sp³-hybridized carbons (Fsp3) is 0.154. The van der Waals surface area contributed by atoms with Gasteiger partial charge < -0.3 is 0 Å². The number of aryl methyl sites for hydroxylation is 1. The summed E-state index contributed by atoms with van der Waals surface area (Å²) in [5, 5.41) is 5.47. The number of halogens is 2. The van der Waals surface area contributed by atoms with E-state index in [4.69, 9.17) is 4.98 Å². The lowest BCUT2D eigenvalue weighted by molar-refractivity contribution is 0.365. The second-order valence-electron chi connectivity index (χ2n) is 8.30. The van der Waals surface area contributed by atoms with E-state index in [1.54, 1.807) is 18.2 Å². The Hall–Kier alpha value is -3.10. The molecular formula is C26H21BrFN3O2S. The smallest absolute Gasteiger partial charge is 0.247 e. The predicted octanol–water partition coefficient (Wildman–Crippen LogP) is 6.22. The van der Waals surface area contributed by atoms with Crippen molar-refractivity contribution in [2.75, 3.05) is 6.26 Å². The molecule has 3 aromatic carbocycles. The Labute approximate surface area is 206 Å². The molecule has 5 nitrogen and oxygen atoms in total. The lowest BCUT2D eigenvalue weighted by Gasteiger charge is -2.21. The molecule has 4 aromatic rings.